The van der Waals surface area contributed by atoms with Crippen molar-refractivity contribution < 1.29 is 4.79 Å². The van der Waals surface area contributed by atoms with Crippen LogP contribution in [0.5, 0.6) is 0 Å². The summed E-state index contributed by atoms with van der Waals surface area (Å²) < 4.78 is 0. The van der Waals surface area contributed by atoms with Gasteiger partial charge in [0.1, 0.15) is 6.04 Å². The van der Waals surface area contributed by atoms with Gasteiger partial charge in [-0.15, -0.1) is 11.3 Å². The Balaban J connectivity index is 1.42. The van der Waals surface area contributed by atoms with E-state index in [0.29, 0.717) is 16.7 Å². The summed E-state index contributed by atoms with van der Waals surface area (Å²) >= 11 is 1.33. The van der Waals surface area contributed by atoms with Gasteiger partial charge in [0, 0.05) is 17.1 Å². The molecule has 3 rings (SSSR count). The van der Waals surface area contributed by atoms with Crippen molar-refractivity contribution >= 4 is 22.4 Å². The van der Waals surface area contributed by atoms with E-state index >= 15 is 0 Å². The highest BCUT2D eigenvalue weighted by Crippen LogP contribution is 2.24. The summed E-state index contributed by atoms with van der Waals surface area (Å²) in [5, 5.41) is 12.1. The Bertz CT molecular complexity index is 925. The molecule has 7 nitrogen and oxygen atoms in total. The minimum atomic E-state index is -0.386. The molecule has 2 aromatic rings. The molecule has 0 bridgehead atoms. The number of nitrogens with one attached hydrogen (secondary N) is 2. The molecule has 0 spiro atoms. The van der Waals surface area contributed by atoms with Crippen molar-refractivity contribution in [1.82, 2.24) is 15.6 Å². The second-order valence-electron chi connectivity index (χ2n) is 7.63. The van der Waals surface area contributed by atoms with Gasteiger partial charge < -0.3 is 16.4 Å². The lowest BCUT2D eigenvalue weighted by Gasteiger charge is -2.24. The molecule has 1 amide bonds. The molecule has 1 unspecified atom stereocenters. The third kappa shape index (κ3) is 6.83. The largest absolute Gasteiger partial charge is 0.375 e. The molecule has 1 aliphatic rings. The number of carbonyl (C=O) groups excluding carboxylic acids is 1. The Kier molecular flexibility index (Phi) is 8.49. The summed E-state index contributed by atoms with van der Waals surface area (Å²) in [4.78, 5) is 27.7. The first-order valence-corrected chi connectivity index (χ1v) is 11.5. The van der Waals surface area contributed by atoms with Crippen LogP contribution < -0.4 is 16.4 Å². The van der Waals surface area contributed by atoms with Crippen molar-refractivity contribution in [3.8, 4) is 0 Å². The van der Waals surface area contributed by atoms with Gasteiger partial charge in [0.05, 0.1) is 12.1 Å². The van der Waals surface area contributed by atoms with Gasteiger partial charge >= 0.3 is 0 Å². The number of nitrogen functional groups attached to an aromatic ring is 1. The smallest absolute Gasteiger partial charge is 0.230 e. The molecule has 0 saturated heterocycles. The fraction of sp³-hybridized carbons (Fsp3) is 0.391. The van der Waals surface area contributed by atoms with E-state index in [-0.39, 0.29) is 24.4 Å². The second kappa shape index (κ2) is 11.5. The molecular weight excluding hydrogens is 410 g/mol. The molecule has 4 N–H and O–H groups in total. The van der Waals surface area contributed by atoms with E-state index in [4.69, 9.17) is 5.73 Å². The van der Waals surface area contributed by atoms with Crippen LogP contribution in [0.3, 0.4) is 0 Å². The summed E-state index contributed by atoms with van der Waals surface area (Å²) in [5.74, 6) is 0.295. The Morgan fingerprint density at radius 1 is 1.35 bits per heavy atom. The van der Waals surface area contributed by atoms with Crippen LogP contribution in [0.4, 0.5) is 5.13 Å². The minimum absolute atomic E-state index is 0.0117. The highest BCUT2D eigenvalue weighted by molar-refractivity contribution is 7.13. The molecule has 1 aliphatic carbocycles. The Hall–Kier alpha value is -2.84. The number of benzene rings is 1. The molecule has 0 fully saturated rings. The van der Waals surface area contributed by atoms with Gasteiger partial charge in [0.2, 0.25) is 5.91 Å². The maximum absolute atomic E-state index is 12.2. The van der Waals surface area contributed by atoms with Gasteiger partial charge in [-0.2, -0.15) is 4.91 Å². The lowest BCUT2D eigenvalue weighted by atomic mass is 9.94. The average molecular weight is 440 g/mol. The van der Waals surface area contributed by atoms with E-state index in [1.807, 2.05) is 36.4 Å². The maximum atomic E-state index is 12.2. The summed E-state index contributed by atoms with van der Waals surface area (Å²) in [6, 6.07) is 9.33. The summed E-state index contributed by atoms with van der Waals surface area (Å²) in [6.45, 7) is 2.87. The maximum Gasteiger partial charge on any atom is 0.230 e. The normalized spacial score (nSPS) is 17.6. The molecule has 31 heavy (non-hydrogen) atoms. The second-order valence-corrected chi connectivity index (χ2v) is 8.52. The van der Waals surface area contributed by atoms with E-state index in [0.717, 1.165) is 37.1 Å². The van der Waals surface area contributed by atoms with Crippen LogP contribution in [0.15, 0.2) is 64.8 Å². The van der Waals surface area contributed by atoms with E-state index in [1.165, 1.54) is 11.3 Å². The first-order chi connectivity index (χ1) is 15.1. The van der Waals surface area contributed by atoms with Crippen molar-refractivity contribution in [2.45, 2.75) is 44.7 Å². The van der Waals surface area contributed by atoms with Crippen LogP contribution in [0, 0.1) is 10.8 Å². The van der Waals surface area contributed by atoms with Crippen molar-refractivity contribution in [3.63, 3.8) is 0 Å². The number of hydrogen-bond acceptors (Lipinski definition) is 7. The molecule has 1 heterocycles. The number of amides is 1. The Labute approximate surface area is 186 Å². The van der Waals surface area contributed by atoms with Crippen molar-refractivity contribution in [2.75, 3.05) is 12.3 Å². The van der Waals surface area contributed by atoms with Gasteiger partial charge in [-0.1, -0.05) is 54.6 Å². The molecule has 1 aromatic carbocycles. The number of nitrogens with two attached hydrogens (primary N) is 1. The first-order valence-electron chi connectivity index (χ1n) is 10.6. The molecule has 3 atom stereocenters. The molecule has 0 aliphatic heterocycles. The summed E-state index contributed by atoms with van der Waals surface area (Å²) in [6.07, 6.45) is 9.00. The number of thiazole rings is 1. The van der Waals surface area contributed by atoms with Crippen LogP contribution in [0.2, 0.25) is 0 Å². The number of allylic oxidation sites excluding steroid dienone is 3. The van der Waals surface area contributed by atoms with E-state index in [1.54, 1.807) is 5.38 Å². The number of rotatable bonds is 11. The van der Waals surface area contributed by atoms with E-state index in [9.17, 15) is 9.70 Å². The molecule has 1 aromatic heterocycles. The monoisotopic (exact) mass is 439 g/mol. The number of nitrogens with zero attached hydrogens (tertiary/aromatic N) is 2. The fourth-order valence-corrected chi connectivity index (χ4v) is 4.26. The van der Waals surface area contributed by atoms with Gasteiger partial charge in [-0.3, -0.25) is 4.79 Å². The van der Waals surface area contributed by atoms with Crippen LogP contribution in [-0.2, 0) is 11.2 Å². The predicted molar refractivity (Wildman–Crippen MR) is 125 cm³/mol. The van der Waals surface area contributed by atoms with E-state index in [2.05, 4.69) is 39.9 Å². The highest BCUT2D eigenvalue weighted by Gasteiger charge is 2.22. The molecule has 164 valence electrons. The Morgan fingerprint density at radius 3 is 2.77 bits per heavy atom. The first kappa shape index (κ1) is 22.8. The fourth-order valence-electron chi connectivity index (χ4n) is 3.70. The van der Waals surface area contributed by atoms with Crippen LogP contribution in [0.1, 0.15) is 43.5 Å². The third-order valence-electron chi connectivity index (χ3n) is 5.38. The van der Waals surface area contributed by atoms with E-state index < -0.39 is 0 Å². The summed E-state index contributed by atoms with van der Waals surface area (Å²) in [5.41, 5.74) is 8.05. The van der Waals surface area contributed by atoms with Crippen molar-refractivity contribution in [3.05, 3.63) is 75.8 Å². The quantitative estimate of drug-likeness (QED) is 0.457. The number of anilines is 1. The number of hydrogen-bond donors (Lipinski definition) is 3. The van der Waals surface area contributed by atoms with Gasteiger partial charge in [0.15, 0.2) is 5.13 Å². The number of nitroso groups, excluding NO2 is 1. The van der Waals surface area contributed by atoms with Crippen molar-refractivity contribution in [2.24, 2.45) is 11.1 Å². The van der Waals surface area contributed by atoms with Gasteiger partial charge in [-0.05, 0) is 43.4 Å². The molecular formula is C23H29N5O2S. The van der Waals surface area contributed by atoms with Crippen molar-refractivity contribution in [1.29, 1.82) is 0 Å². The lowest BCUT2D eigenvalue weighted by molar-refractivity contribution is -0.119. The Morgan fingerprint density at radius 2 is 2.16 bits per heavy atom. The van der Waals surface area contributed by atoms with Gasteiger partial charge in [0.25, 0.3) is 0 Å². The average Bonchev–Trinajstić information content (AvgIpc) is 3.19. The SMILES string of the molecule is CC[C@@H](NCCC1C=CC(NC(=O)Cc2csc(N)n2)=CC1)[C@H](N=O)c1ccccc1. The zero-order valence-electron chi connectivity index (χ0n) is 17.7. The van der Waals surface area contributed by atoms with Gasteiger partial charge in [-0.25, -0.2) is 4.98 Å². The predicted octanol–water partition coefficient (Wildman–Crippen LogP) is 4.11. The number of aromatic nitrogens is 1. The third-order valence-corrected chi connectivity index (χ3v) is 6.10. The summed E-state index contributed by atoms with van der Waals surface area (Å²) in [7, 11) is 0. The number of carbonyl (C=O) groups is 1. The molecule has 0 radical (unpaired) electrons. The lowest BCUT2D eigenvalue weighted by Crippen LogP contribution is -2.35. The van der Waals surface area contributed by atoms with Crippen LogP contribution in [-0.4, -0.2) is 23.5 Å². The van der Waals surface area contributed by atoms with Crippen LogP contribution >= 0.6 is 11.3 Å². The zero-order chi connectivity index (χ0) is 22.1. The molecule has 8 heteroatoms. The topological polar surface area (TPSA) is 109 Å². The standard InChI is InChI=1S/C23H29N5O2S/c1-2-20(22(28-30)17-6-4-3-5-7-17)25-13-12-16-8-10-18(11-9-16)26-21(29)14-19-15-31-23(24)27-19/h3-8,10-11,15-16,20,22,25H,2,9,12-14H2,1H3,(H2,24,27)(H,26,29)/t16?,20-,22-/m1/s1. The minimum Gasteiger partial charge on any atom is -0.375 e. The highest BCUT2D eigenvalue weighted by atomic mass is 32.1. The molecule has 0 saturated carbocycles. The zero-order valence-corrected chi connectivity index (χ0v) is 18.5. The van der Waals surface area contributed by atoms with Crippen LogP contribution in [0.25, 0.3) is 0 Å².